The van der Waals surface area contributed by atoms with Gasteiger partial charge in [0.25, 0.3) is 5.91 Å². The first-order valence-electron chi connectivity index (χ1n) is 10.3. The normalized spacial score (nSPS) is 22.4. The van der Waals surface area contributed by atoms with Crippen LogP contribution in [0.4, 0.5) is 11.4 Å². The summed E-state index contributed by atoms with van der Waals surface area (Å²) in [4.78, 5) is 34.5. The molecule has 3 aromatic carbocycles. The minimum Gasteiger partial charge on any atom is -0.496 e. The average Bonchev–Trinajstić information content (AvgIpc) is 3.31. The lowest BCUT2D eigenvalue weighted by molar-refractivity contribution is -0.126. The summed E-state index contributed by atoms with van der Waals surface area (Å²) in [5, 5.41) is 1.69. The lowest BCUT2D eigenvalue weighted by Gasteiger charge is -2.29. The van der Waals surface area contributed by atoms with Gasteiger partial charge in [0.05, 0.1) is 29.0 Å². The molecule has 2 heterocycles. The Balaban J connectivity index is 1.61. The van der Waals surface area contributed by atoms with Crippen LogP contribution in [-0.4, -0.2) is 25.0 Å². The summed E-state index contributed by atoms with van der Waals surface area (Å²) < 4.78 is 6.13. The van der Waals surface area contributed by atoms with E-state index < -0.39 is 18.1 Å². The fourth-order valence-electron chi connectivity index (χ4n) is 4.47. The molecule has 0 bridgehead atoms. The predicted molar refractivity (Wildman–Crippen MR) is 124 cm³/mol. The van der Waals surface area contributed by atoms with Crippen LogP contribution in [0.2, 0.25) is 0 Å². The third kappa shape index (κ3) is 3.20. The molecule has 0 unspecified atom stereocenters. The minimum atomic E-state index is -0.895. The van der Waals surface area contributed by atoms with Crippen LogP contribution in [0.5, 0.6) is 5.75 Å². The molecule has 0 spiro atoms. The number of methoxy groups -OCH3 is 1. The van der Waals surface area contributed by atoms with Gasteiger partial charge in [-0.15, -0.1) is 0 Å². The van der Waals surface area contributed by atoms with Crippen molar-refractivity contribution in [1.29, 1.82) is 0 Å². The molecule has 0 radical (unpaired) electrons. The number of carbonyl (C=O) groups is 2. The number of rotatable bonds is 4. The second-order valence-electron chi connectivity index (χ2n) is 7.85. The number of hydrogen-bond acceptors (Lipinski definition) is 5. The van der Waals surface area contributed by atoms with E-state index >= 15 is 0 Å². The highest BCUT2D eigenvalue weighted by atomic mass is 79.9. The Morgan fingerprint density at radius 3 is 2.34 bits per heavy atom. The maximum Gasteiger partial charge on any atom is 0.266 e. The van der Waals surface area contributed by atoms with E-state index in [1.807, 2.05) is 73.7 Å². The highest BCUT2D eigenvalue weighted by molar-refractivity contribution is 9.10. The molecule has 0 aromatic heterocycles. The second-order valence-corrected chi connectivity index (χ2v) is 8.70. The van der Waals surface area contributed by atoms with Gasteiger partial charge < -0.3 is 4.74 Å². The number of carbonyl (C=O) groups excluding carboxylic acids is 2. The van der Waals surface area contributed by atoms with Gasteiger partial charge in [0, 0.05) is 0 Å². The number of imide groups is 1. The van der Waals surface area contributed by atoms with Crippen LogP contribution in [-0.2, 0) is 14.4 Å². The van der Waals surface area contributed by atoms with E-state index in [4.69, 9.17) is 9.57 Å². The van der Waals surface area contributed by atoms with Crippen molar-refractivity contribution < 1.29 is 19.2 Å². The molecule has 0 saturated carbocycles. The van der Waals surface area contributed by atoms with Crippen molar-refractivity contribution in [3.63, 3.8) is 0 Å². The molecule has 7 heteroatoms. The average molecular weight is 493 g/mol. The highest BCUT2D eigenvalue weighted by Gasteiger charge is 2.60. The molecule has 2 aliphatic heterocycles. The standard InChI is InChI=1S/C25H21BrN2O4/c1-15-8-6-7-11-19(15)27-24(29)21-22(16-12-13-20(31-2)18(26)14-16)28(32-23(21)25(27)30)17-9-4-3-5-10-17/h3-14,21-23H,1-2H3/t21-,22-,23+/m1/s1. The van der Waals surface area contributed by atoms with Crippen LogP contribution in [0.3, 0.4) is 0 Å². The third-order valence-electron chi connectivity index (χ3n) is 6.00. The van der Waals surface area contributed by atoms with Crippen molar-refractivity contribution >= 4 is 39.1 Å². The molecule has 2 aliphatic rings. The smallest absolute Gasteiger partial charge is 0.266 e. The van der Waals surface area contributed by atoms with E-state index in [1.165, 1.54) is 4.90 Å². The number of nitrogens with zero attached hydrogens (tertiary/aromatic N) is 2. The third-order valence-corrected chi connectivity index (χ3v) is 6.62. The zero-order valence-electron chi connectivity index (χ0n) is 17.6. The number of fused-ring (bicyclic) bond motifs is 1. The zero-order valence-corrected chi connectivity index (χ0v) is 19.2. The van der Waals surface area contributed by atoms with Gasteiger partial charge in [0.2, 0.25) is 5.91 Å². The van der Waals surface area contributed by atoms with Crippen molar-refractivity contribution in [2.45, 2.75) is 19.1 Å². The Morgan fingerprint density at radius 2 is 1.66 bits per heavy atom. The van der Waals surface area contributed by atoms with Gasteiger partial charge in [-0.3, -0.25) is 14.4 Å². The summed E-state index contributed by atoms with van der Waals surface area (Å²) in [5.74, 6) is -0.594. The molecule has 3 aromatic rings. The van der Waals surface area contributed by atoms with Crippen LogP contribution in [0.1, 0.15) is 17.2 Å². The number of halogens is 1. The van der Waals surface area contributed by atoms with E-state index in [2.05, 4.69) is 15.9 Å². The summed E-state index contributed by atoms with van der Waals surface area (Å²) in [6, 6.07) is 22.1. The van der Waals surface area contributed by atoms with Crippen molar-refractivity contribution in [1.82, 2.24) is 0 Å². The molecule has 2 saturated heterocycles. The molecular formula is C25H21BrN2O4. The summed E-state index contributed by atoms with van der Waals surface area (Å²) in [7, 11) is 1.60. The maximum atomic E-state index is 13.7. The van der Waals surface area contributed by atoms with Gasteiger partial charge in [0.15, 0.2) is 6.10 Å². The van der Waals surface area contributed by atoms with Crippen molar-refractivity contribution in [2.75, 3.05) is 17.1 Å². The van der Waals surface area contributed by atoms with E-state index in [0.29, 0.717) is 11.4 Å². The van der Waals surface area contributed by atoms with Crippen LogP contribution < -0.4 is 14.7 Å². The molecule has 32 heavy (non-hydrogen) atoms. The van der Waals surface area contributed by atoms with Crippen molar-refractivity contribution in [3.05, 3.63) is 88.4 Å². The molecule has 0 aliphatic carbocycles. The van der Waals surface area contributed by atoms with Crippen LogP contribution in [0.25, 0.3) is 0 Å². The molecule has 2 fully saturated rings. The SMILES string of the molecule is COc1ccc([C@@H]2[C@H]3C(=O)N(c4ccccc4C)C(=O)[C@H]3ON2c2ccccc2)cc1Br. The van der Waals surface area contributed by atoms with Gasteiger partial charge in [-0.05, 0) is 64.3 Å². The Labute approximate surface area is 194 Å². The fraction of sp³-hybridized carbons (Fsp3) is 0.200. The number of benzene rings is 3. The number of ether oxygens (including phenoxy) is 1. The first-order valence-corrected chi connectivity index (χ1v) is 11.1. The van der Waals surface area contributed by atoms with Gasteiger partial charge >= 0.3 is 0 Å². The molecule has 6 nitrogen and oxygen atoms in total. The lowest BCUT2D eigenvalue weighted by atomic mass is 9.90. The van der Waals surface area contributed by atoms with Crippen LogP contribution in [0.15, 0.2) is 77.3 Å². The summed E-state index contributed by atoms with van der Waals surface area (Å²) >= 11 is 3.54. The molecule has 3 atom stereocenters. The maximum absolute atomic E-state index is 13.7. The fourth-order valence-corrected chi connectivity index (χ4v) is 5.03. The molecule has 162 valence electrons. The van der Waals surface area contributed by atoms with E-state index in [1.54, 1.807) is 18.2 Å². The quantitative estimate of drug-likeness (QED) is 0.488. The summed E-state index contributed by atoms with van der Waals surface area (Å²) in [6.45, 7) is 1.89. The molecule has 5 rings (SSSR count). The Hall–Kier alpha value is -3.16. The lowest BCUT2D eigenvalue weighted by Crippen LogP contribution is -2.37. The van der Waals surface area contributed by atoms with Gasteiger partial charge in [-0.25, -0.2) is 9.96 Å². The van der Waals surface area contributed by atoms with E-state index in [9.17, 15) is 9.59 Å². The molecule has 0 N–H and O–H groups in total. The second kappa shape index (κ2) is 8.07. The van der Waals surface area contributed by atoms with Crippen molar-refractivity contribution in [3.8, 4) is 5.75 Å². The first kappa shape index (κ1) is 20.7. The zero-order chi connectivity index (χ0) is 22.4. The van der Waals surface area contributed by atoms with Gasteiger partial charge in [-0.2, -0.15) is 0 Å². The Kier molecular flexibility index (Phi) is 5.23. The Morgan fingerprint density at radius 1 is 0.938 bits per heavy atom. The topological polar surface area (TPSA) is 59.1 Å². The Bertz CT molecular complexity index is 1200. The van der Waals surface area contributed by atoms with Gasteiger partial charge in [0.1, 0.15) is 11.7 Å². The number of para-hydroxylation sites is 2. The molecule has 2 amide bonds. The van der Waals surface area contributed by atoms with Gasteiger partial charge in [-0.1, -0.05) is 42.5 Å². The predicted octanol–water partition coefficient (Wildman–Crippen LogP) is 4.82. The monoisotopic (exact) mass is 492 g/mol. The highest BCUT2D eigenvalue weighted by Crippen LogP contribution is 2.48. The van der Waals surface area contributed by atoms with Crippen LogP contribution in [0, 0.1) is 12.8 Å². The van der Waals surface area contributed by atoms with E-state index in [-0.39, 0.29) is 11.8 Å². The van der Waals surface area contributed by atoms with Crippen molar-refractivity contribution in [2.24, 2.45) is 5.92 Å². The number of aryl methyl sites for hydroxylation is 1. The largest absolute Gasteiger partial charge is 0.496 e. The number of amides is 2. The number of hydroxylamine groups is 1. The summed E-state index contributed by atoms with van der Waals surface area (Å²) in [5.41, 5.74) is 3.09. The number of anilines is 2. The van der Waals surface area contributed by atoms with E-state index in [0.717, 1.165) is 21.3 Å². The first-order chi connectivity index (χ1) is 15.5. The minimum absolute atomic E-state index is 0.260. The number of hydrogen-bond donors (Lipinski definition) is 0. The van der Waals surface area contributed by atoms with Crippen LogP contribution >= 0.6 is 15.9 Å². The summed E-state index contributed by atoms with van der Waals surface area (Å²) in [6.07, 6.45) is -0.895. The molecular weight excluding hydrogens is 472 g/mol.